The minimum absolute atomic E-state index is 0.0475. The van der Waals surface area contributed by atoms with Gasteiger partial charge in [0.05, 0.1) is 19.3 Å². The fraction of sp³-hybridized carbons (Fsp3) is 0.688. The normalized spacial score (nSPS) is 18.9. The maximum atomic E-state index is 12.1. The number of carbonyl (C=O) groups excluding carboxylic acids is 1. The molecule has 2 rings (SSSR count). The van der Waals surface area contributed by atoms with E-state index in [-0.39, 0.29) is 17.9 Å². The SMILES string of the molecule is CNCC(C)C(=O)NCC(c1ccc(C)o1)N1CCOCC1. The van der Waals surface area contributed by atoms with Crippen LogP contribution in [0, 0.1) is 12.8 Å². The lowest BCUT2D eigenvalue weighted by Gasteiger charge is -2.33. The Balaban J connectivity index is 2.00. The molecule has 0 saturated carbocycles. The minimum atomic E-state index is -0.0475. The highest BCUT2D eigenvalue weighted by Gasteiger charge is 2.26. The number of nitrogens with zero attached hydrogens (tertiary/aromatic N) is 1. The van der Waals surface area contributed by atoms with Crippen molar-refractivity contribution in [3.8, 4) is 0 Å². The molecule has 22 heavy (non-hydrogen) atoms. The summed E-state index contributed by atoms with van der Waals surface area (Å²) in [4.78, 5) is 14.4. The van der Waals surface area contributed by atoms with Gasteiger partial charge in [0, 0.05) is 32.1 Å². The maximum absolute atomic E-state index is 12.1. The Morgan fingerprint density at radius 1 is 1.32 bits per heavy atom. The zero-order valence-corrected chi connectivity index (χ0v) is 13.7. The Morgan fingerprint density at radius 2 is 2.05 bits per heavy atom. The van der Waals surface area contributed by atoms with Gasteiger partial charge in [-0.15, -0.1) is 0 Å². The number of hydrogen-bond acceptors (Lipinski definition) is 5. The van der Waals surface area contributed by atoms with Crippen LogP contribution in [0.4, 0.5) is 0 Å². The summed E-state index contributed by atoms with van der Waals surface area (Å²) in [5.41, 5.74) is 0. The van der Waals surface area contributed by atoms with E-state index < -0.39 is 0 Å². The molecule has 2 N–H and O–H groups in total. The molecule has 124 valence electrons. The molecule has 0 aliphatic carbocycles. The van der Waals surface area contributed by atoms with E-state index in [4.69, 9.17) is 9.15 Å². The number of nitrogens with one attached hydrogen (secondary N) is 2. The van der Waals surface area contributed by atoms with Crippen LogP contribution in [-0.2, 0) is 9.53 Å². The number of hydrogen-bond donors (Lipinski definition) is 2. The predicted octanol–water partition coefficient (Wildman–Crippen LogP) is 0.933. The molecule has 2 atom stereocenters. The van der Waals surface area contributed by atoms with Gasteiger partial charge in [0.2, 0.25) is 5.91 Å². The van der Waals surface area contributed by atoms with Gasteiger partial charge in [0.15, 0.2) is 0 Å². The van der Waals surface area contributed by atoms with Crippen molar-refractivity contribution in [1.29, 1.82) is 0 Å². The molecule has 1 aromatic heterocycles. The number of morpholine rings is 1. The van der Waals surface area contributed by atoms with Crippen molar-refractivity contribution in [2.75, 3.05) is 46.4 Å². The van der Waals surface area contributed by atoms with Crippen molar-refractivity contribution < 1.29 is 13.9 Å². The number of amides is 1. The summed E-state index contributed by atoms with van der Waals surface area (Å²) in [5, 5.41) is 6.08. The minimum Gasteiger partial charge on any atom is -0.465 e. The van der Waals surface area contributed by atoms with E-state index in [0.29, 0.717) is 13.1 Å². The molecule has 1 fully saturated rings. The van der Waals surface area contributed by atoms with Gasteiger partial charge in [-0.25, -0.2) is 0 Å². The lowest BCUT2D eigenvalue weighted by atomic mass is 10.1. The quantitative estimate of drug-likeness (QED) is 0.784. The summed E-state index contributed by atoms with van der Waals surface area (Å²) in [7, 11) is 1.85. The molecule has 1 aromatic rings. The molecule has 0 aromatic carbocycles. The standard InChI is InChI=1S/C16H27N3O3/c1-12(10-17-3)16(20)18-11-14(15-5-4-13(2)22-15)19-6-8-21-9-7-19/h4-5,12,14,17H,6-11H2,1-3H3,(H,18,20). The Bertz CT molecular complexity index is 469. The highest BCUT2D eigenvalue weighted by atomic mass is 16.5. The van der Waals surface area contributed by atoms with Crippen molar-refractivity contribution in [3.05, 3.63) is 23.7 Å². The summed E-state index contributed by atoms with van der Waals surface area (Å²) in [6, 6.07) is 4.02. The van der Waals surface area contributed by atoms with Crippen molar-refractivity contribution >= 4 is 5.91 Å². The van der Waals surface area contributed by atoms with Crippen LogP contribution in [0.1, 0.15) is 24.5 Å². The van der Waals surface area contributed by atoms with E-state index in [0.717, 1.165) is 37.8 Å². The number of ether oxygens (including phenoxy) is 1. The number of carbonyl (C=O) groups is 1. The third kappa shape index (κ3) is 4.56. The van der Waals surface area contributed by atoms with Crippen LogP contribution in [0.2, 0.25) is 0 Å². The molecule has 1 aliphatic rings. The van der Waals surface area contributed by atoms with Crippen LogP contribution >= 0.6 is 0 Å². The van der Waals surface area contributed by atoms with Gasteiger partial charge < -0.3 is 19.8 Å². The first kappa shape index (κ1) is 17.0. The van der Waals surface area contributed by atoms with Gasteiger partial charge in [0.1, 0.15) is 11.5 Å². The van der Waals surface area contributed by atoms with Crippen LogP contribution in [0.5, 0.6) is 0 Å². The second-order valence-corrected chi connectivity index (χ2v) is 5.82. The molecule has 1 amide bonds. The third-order valence-electron chi connectivity index (χ3n) is 4.00. The summed E-state index contributed by atoms with van der Waals surface area (Å²) < 4.78 is 11.2. The highest BCUT2D eigenvalue weighted by molar-refractivity contribution is 5.78. The van der Waals surface area contributed by atoms with E-state index in [9.17, 15) is 4.79 Å². The molecule has 6 nitrogen and oxygen atoms in total. The van der Waals surface area contributed by atoms with Crippen molar-refractivity contribution in [1.82, 2.24) is 15.5 Å². The summed E-state index contributed by atoms with van der Waals surface area (Å²) in [6.45, 7) is 8.24. The molecular formula is C16H27N3O3. The maximum Gasteiger partial charge on any atom is 0.224 e. The van der Waals surface area contributed by atoms with Crippen LogP contribution in [-0.4, -0.2) is 57.2 Å². The number of rotatable bonds is 7. The van der Waals surface area contributed by atoms with E-state index in [1.807, 2.05) is 33.0 Å². The Hall–Kier alpha value is -1.37. The zero-order valence-electron chi connectivity index (χ0n) is 13.7. The smallest absolute Gasteiger partial charge is 0.224 e. The van der Waals surface area contributed by atoms with Crippen LogP contribution < -0.4 is 10.6 Å². The summed E-state index contributed by atoms with van der Waals surface area (Å²) in [5.74, 6) is 1.81. The van der Waals surface area contributed by atoms with Gasteiger partial charge in [0.25, 0.3) is 0 Å². The van der Waals surface area contributed by atoms with Crippen LogP contribution in [0.3, 0.4) is 0 Å². The summed E-state index contributed by atoms with van der Waals surface area (Å²) >= 11 is 0. The Kier molecular flexibility index (Phi) is 6.42. The first-order valence-corrected chi connectivity index (χ1v) is 7.92. The highest BCUT2D eigenvalue weighted by Crippen LogP contribution is 2.23. The number of furan rings is 1. The molecule has 6 heteroatoms. The van der Waals surface area contributed by atoms with E-state index >= 15 is 0 Å². The Morgan fingerprint density at radius 3 is 2.64 bits per heavy atom. The van der Waals surface area contributed by atoms with Gasteiger partial charge in [-0.2, -0.15) is 0 Å². The van der Waals surface area contributed by atoms with E-state index in [2.05, 4.69) is 15.5 Å². The van der Waals surface area contributed by atoms with Gasteiger partial charge in [-0.3, -0.25) is 9.69 Å². The van der Waals surface area contributed by atoms with Crippen molar-refractivity contribution in [2.24, 2.45) is 5.92 Å². The molecule has 0 spiro atoms. The fourth-order valence-electron chi connectivity index (χ4n) is 2.70. The van der Waals surface area contributed by atoms with Crippen molar-refractivity contribution in [2.45, 2.75) is 19.9 Å². The first-order valence-electron chi connectivity index (χ1n) is 7.92. The Labute approximate surface area is 132 Å². The van der Waals surface area contributed by atoms with Crippen LogP contribution in [0.25, 0.3) is 0 Å². The average Bonchev–Trinajstić information content (AvgIpc) is 2.95. The first-order chi connectivity index (χ1) is 10.6. The molecule has 0 bridgehead atoms. The van der Waals surface area contributed by atoms with Gasteiger partial charge in [-0.1, -0.05) is 6.92 Å². The second-order valence-electron chi connectivity index (χ2n) is 5.82. The largest absolute Gasteiger partial charge is 0.465 e. The van der Waals surface area contributed by atoms with E-state index in [1.165, 1.54) is 0 Å². The van der Waals surface area contributed by atoms with Gasteiger partial charge in [-0.05, 0) is 26.1 Å². The monoisotopic (exact) mass is 309 g/mol. The topological polar surface area (TPSA) is 66.7 Å². The fourth-order valence-corrected chi connectivity index (χ4v) is 2.70. The second kappa shape index (κ2) is 8.31. The average molecular weight is 309 g/mol. The van der Waals surface area contributed by atoms with E-state index in [1.54, 1.807) is 0 Å². The molecular weight excluding hydrogens is 282 g/mol. The summed E-state index contributed by atoms with van der Waals surface area (Å²) in [6.07, 6.45) is 0. The number of aryl methyl sites for hydroxylation is 1. The lowest BCUT2D eigenvalue weighted by molar-refractivity contribution is -0.124. The lowest BCUT2D eigenvalue weighted by Crippen LogP contribution is -2.45. The van der Waals surface area contributed by atoms with Crippen molar-refractivity contribution in [3.63, 3.8) is 0 Å². The molecule has 1 saturated heterocycles. The zero-order chi connectivity index (χ0) is 15.9. The van der Waals surface area contributed by atoms with Gasteiger partial charge >= 0.3 is 0 Å². The molecule has 0 radical (unpaired) electrons. The van der Waals surface area contributed by atoms with Crippen LogP contribution in [0.15, 0.2) is 16.5 Å². The molecule has 2 unspecified atom stereocenters. The third-order valence-corrected chi connectivity index (χ3v) is 4.00. The molecule has 2 heterocycles. The molecule has 1 aliphatic heterocycles. The predicted molar refractivity (Wildman–Crippen MR) is 84.7 cm³/mol.